The Kier molecular flexibility index (Phi) is 7.20. The molecule has 1 atom stereocenters. The molecule has 26 heavy (non-hydrogen) atoms. The van der Waals surface area contributed by atoms with Crippen molar-refractivity contribution >= 4 is 6.03 Å². The lowest BCUT2D eigenvalue weighted by Gasteiger charge is -2.15. The lowest BCUT2D eigenvalue weighted by Crippen LogP contribution is -2.38. The van der Waals surface area contributed by atoms with Crippen molar-refractivity contribution in [1.82, 2.24) is 10.6 Å². The summed E-state index contributed by atoms with van der Waals surface area (Å²) in [6.07, 6.45) is 0.700. The summed E-state index contributed by atoms with van der Waals surface area (Å²) >= 11 is 0. The molecule has 2 aromatic rings. The summed E-state index contributed by atoms with van der Waals surface area (Å²) in [5, 5.41) is 5.59. The SMILES string of the molecule is COc1ccc(CCNC(=O)NC(C)c2ccc(OC(F)F)cc2)cc1. The fourth-order valence-corrected chi connectivity index (χ4v) is 2.38. The van der Waals surface area contributed by atoms with Crippen LogP contribution in [0.25, 0.3) is 0 Å². The van der Waals surface area contributed by atoms with Gasteiger partial charge in [0.15, 0.2) is 0 Å². The molecule has 0 aliphatic rings. The van der Waals surface area contributed by atoms with Crippen molar-refractivity contribution in [3.63, 3.8) is 0 Å². The van der Waals surface area contributed by atoms with E-state index in [4.69, 9.17) is 4.74 Å². The van der Waals surface area contributed by atoms with Crippen LogP contribution in [-0.2, 0) is 6.42 Å². The number of halogens is 2. The topological polar surface area (TPSA) is 59.6 Å². The zero-order chi connectivity index (χ0) is 18.9. The van der Waals surface area contributed by atoms with Gasteiger partial charge in [-0.2, -0.15) is 8.78 Å². The number of benzene rings is 2. The lowest BCUT2D eigenvalue weighted by molar-refractivity contribution is -0.0498. The highest BCUT2D eigenvalue weighted by Crippen LogP contribution is 2.19. The highest BCUT2D eigenvalue weighted by molar-refractivity contribution is 5.74. The van der Waals surface area contributed by atoms with Gasteiger partial charge in [-0.3, -0.25) is 0 Å². The maximum atomic E-state index is 12.1. The van der Waals surface area contributed by atoms with Crippen molar-refractivity contribution in [2.75, 3.05) is 13.7 Å². The average Bonchev–Trinajstić information content (AvgIpc) is 2.62. The lowest BCUT2D eigenvalue weighted by atomic mass is 10.1. The molecule has 0 aliphatic heterocycles. The summed E-state index contributed by atoms with van der Waals surface area (Å²) in [5.74, 6) is 0.873. The predicted octanol–water partition coefficient (Wildman–Crippen LogP) is 3.90. The molecule has 2 amide bonds. The van der Waals surface area contributed by atoms with Crippen LogP contribution in [0.1, 0.15) is 24.1 Å². The standard InChI is InChI=1S/C19H22F2N2O3/c1-13(15-5-9-17(10-6-15)26-18(20)21)23-19(24)22-12-11-14-3-7-16(25-2)8-4-14/h3-10,13,18H,11-12H2,1-2H3,(H2,22,23,24). The number of rotatable bonds is 8. The van der Waals surface area contributed by atoms with Crippen LogP contribution >= 0.6 is 0 Å². The van der Waals surface area contributed by atoms with Crippen molar-refractivity contribution < 1.29 is 23.0 Å². The molecule has 140 valence electrons. The maximum absolute atomic E-state index is 12.1. The molecule has 0 spiro atoms. The van der Waals surface area contributed by atoms with E-state index in [0.29, 0.717) is 13.0 Å². The van der Waals surface area contributed by atoms with Crippen molar-refractivity contribution in [3.8, 4) is 11.5 Å². The quantitative estimate of drug-likeness (QED) is 0.747. The second kappa shape index (κ2) is 9.60. The Bertz CT molecular complexity index is 691. The third-order valence-electron chi connectivity index (χ3n) is 3.81. The average molecular weight is 364 g/mol. The van der Waals surface area contributed by atoms with Crippen LogP contribution in [0.3, 0.4) is 0 Å². The van der Waals surface area contributed by atoms with Crippen LogP contribution < -0.4 is 20.1 Å². The summed E-state index contributed by atoms with van der Waals surface area (Å²) < 4.78 is 33.7. The number of amides is 2. The van der Waals surface area contributed by atoms with Gasteiger partial charge in [-0.05, 0) is 48.7 Å². The first-order valence-corrected chi connectivity index (χ1v) is 8.20. The Labute approximate surface area is 151 Å². The van der Waals surface area contributed by atoms with E-state index in [0.717, 1.165) is 16.9 Å². The predicted molar refractivity (Wildman–Crippen MR) is 94.7 cm³/mol. The largest absolute Gasteiger partial charge is 0.497 e. The molecule has 7 heteroatoms. The third-order valence-corrected chi connectivity index (χ3v) is 3.81. The van der Waals surface area contributed by atoms with E-state index in [1.165, 1.54) is 12.1 Å². The van der Waals surface area contributed by atoms with Crippen molar-refractivity contribution in [2.45, 2.75) is 26.0 Å². The Morgan fingerprint density at radius 1 is 1.04 bits per heavy atom. The molecule has 1 unspecified atom stereocenters. The normalized spacial score (nSPS) is 11.7. The maximum Gasteiger partial charge on any atom is 0.387 e. The molecule has 0 saturated carbocycles. The number of alkyl halides is 2. The minimum Gasteiger partial charge on any atom is -0.497 e. The number of carbonyl (C=O) groups is 1. The first-order valence-electron chi connectivity index (χ1n) is 8.20. The summed E-state index contributed by atoms with van der Waals surface area (Å²) in [5.41, 5.74) is 1.88. The number of hydrogen-bond acceptors (Lipinski definition) is 3. The molecule has 0 saturated heterocycles. The highest BCUT2D eigenvalue weighted by Gasteiger charge is 2.10. The van der Waals surface area contributed by atoms with E-state index in [1.54, 1.807) is 19.2 Å². The number of carbonyl (C=O) groups excluding carboxylic acids is 1. The van der Waals surface area contributed by atoms with Gasteiger partial charge < -0.3 is 20.1 Å². The van der Waals surface area contributed by atoms with Crippen LogP contribution in [0.2, 0.25) is 0 Å². The fraction of sp³-hybridized carbons (Fsp3) is 0.316. The monoisotopic (exact) mass is 364 g/mol. The van der Waals surface area contributed by atoms with E-state index in [2.05, 4.69) is 15.4 Å². The molecule has 0 aliphatic carbocycles. The first kappa shape index (κ1) is 19.5. The molecule has 0 aromatic heterocycles. The Balaban J connectivity index is 1.75. The van der Waals surface area contributed by atoms with Crippen molar-refractivity contribution in [2.24, 2.45) is 0 Å². The van der Waals surface area contributed by atoms with E-state index >= 15 is 0 Å². The van der Waals surface area contributed by atoms with Crippen LogP contribution in [0.5, 0.6) is 11.5 Å². The van der Waals surface area contributed by atoms with Crippen molar-refractivity contribution in [1.29, 1.82) is 0 Å². The molecule has 2 N–H and O–H groups in total. The van der Waals surface area contributed by atoms with Gasteiger partial charge in [-0.25, -0.2) is 4.79 Å². The summed E-state index contributed by atoms with van der Waals surface area (Å²) in [6, 6.07) is 13.3. The number of urea groups is 1. The first-order chi connectivity index (χ1) is 12.5. The number of hydrogen-bond donors (Lipinski definition) is 2. The van der Waals surface area contributed by atoms with Crippen LogP contribution in [-0.4, -0.2) is 26.3 Å². The van der Waals surface area contributed by atoms with Gasteiger partial charge in [0.2, 0.25) is 0 Å². The molecular weight excluding hydrogens is 342 g/mol. The minimum absolute atomic E-state index is 0.0832. The molecule has 0 fully saturated rings. The summed E-state index contributed by atoms with van der Waals surface area (Å²) in [4.78, 5) is 12.0. The minimum atomic E-state index is -2.85. The zero-order valence-corrected chi connectivity index (χ0v) is 14.7. The molecule has 0 heterocycles. The molecule has 2 aromatic carbocycles. The van der Waals surface area contributed by atoms with Gasteiger partial charge >= 0.3 is 12.6 Å². The van der Waals surface area contributed by atoms with Gasteiger partial charge in [-0.15, -0.1) is 0 Å². The summed E-state index contributed by atoms with van der Waals surface area (Å²) in [6.45, 7) is -0.550. The molecule has 0 bridgehead atoms. The highest BCUT2D eigenvalue weighted by atomic mass is 19.3. The van der Waals surface area contributed by atoms with Gasteiger partial charge in [0.1, 0.15) is 11.5 Å². The molecule has 0 radical (unpaired) electrons. The van der Waals surface area contributed by atoms with Gasteiger partial charge in [0.05, 0.1) is 13.2 Å². The van der Waals surface area contributed by atoms with Crippen LogP contribution in [0.4, 0.5) is 13.6 Å². The van der Waals surface area contributed by atoms with Gasteiger partial charge in [0, 0.05) is 6.54 Å². The van der Waals surface area contributed by atoms with E-state index in [-0.39, 0.29) is 17.8 Å². The number of ether oxygens (including phenoxy) is 2. The summed E-state index contributed by atoms with van der Waals surface area (Å²) in [7, 11) is 1.61. The van der Waals surface area contributed by atoms with E-state index < -0.39 is 6.61 Å². The van der Waals surface area contributed by atoms with E-state index in [9.17, 15) is 13.6 Å². The molecule has 5 nitrogen and oxygen atoms in total. The van der Waals surface area contributed by atoms with Crippen LogP contribution in [0, 0.1) is 0 Å². The zero-order valence-electron chi connectivity index (χ0n) is 14.7. The third kappa shape index (κ3) is 6.23. The fourth-order valence-electron chi connectivity index (χ4n) is 2.38. The molecule has 2 rings (SSSR count). The van der Waals surface area contributed by atoms with E-state index in [1.807, 2.05) is 31.2 Å². The van der Waals surface area contributed by atoms with Crippen LogP contribution in [0.15, 0.2) is 48.5 Å². The smallest absolute Gasteiger partial charge is 0.387 e. The molecular formula is C19H22F2N2O3. The van der Waals surface area contributed by atoms with Gasteiger partial charge in [-0.1, -0.05) is 24.3 Å². The Hall–Kier alpha value is -2.83. The van der Waals surface area contributed by atoms with Crippen molar-refractivity contribution in [3.05, 3.63) is 59.7 Å². The second-order valence-corrected chi connectivity index (χ2v) is 5.67. The second-order valence-electron chi connectivity index (χ2n) is 5.67. The Morgan fingerprint density at radius 2 is 1.65 bits per heavy atom. The Morgan fingerprint density at radius 3 is 2.23 bits per heavy atom. The number of nitrogens with one attached hydrogen (secondary N) is 2. The van der Waals surface area contributed by atoms with Gasteiger partial charge in [0.25, 0.3) is 0 Å². The number of methoxy groups -OCH3 is 1.